The summed E-state index contributed by atoms with van der Waals surface area (Å²) in [5.41, 5.74) is 3.86. The third-order valence-electron chi connectivity index (χ3n) is 3.62. The second-order valence-electron chi connectivity index (χ2n) is 4.80. The van der Waals surface area contributed by atoms with E-state index in [1.54, 1.807) is 0 Å². The van der Waals surface area contributed by atoms with Crippen molar-refractivity contribution in [2.24, 2.45) is 0 Å². The molecule has 1 saturated heterocycles. The molecule has 3 heteroatoms. The van der Waals surface area contributed by atoms with Gasteiger partial charge in [0.15, 0.2) is 0 Å². The molecule has 1 unspecified atom stereocenters. The van der Waals surface area contributed by atoms with E-state index in [9.17, 15) is 0 Å². The molecule has 0 N–H and O–H groups in total. The summed E-state index contributed by atoms with van der Waals surface area (Å²) in [6.07, 6.45) is 10.1. The van der Waals surface area contributed by atoms with E-state index in [1.807, 2.05) is 30.9 Å². The quantitative estimate of drug-likeness (QED) is 0.806. The first kappa shape index (κ1) is 11.2. The maximum absolute atomic E-state index is 4.24. The van der Waals surface area contributed by atoms with Gasteiger partial charge in [-0.2, -0.15) is 0 Å². The molecule has 3 nitrogen and oxygen atoms in total. The lowest BCUT2D eigenvalue weighted by Gasteiger charge is -2.28. The van der Waals surface area contributed by atoms with Crippen LogP contribution < -0.4 is 4.90 Å². The molecule has 1 fully saturated rings. The Kier molecular flexibility index (Phi) is 2.97. The van der Waals surface area contributed by atoms with Gasteiger partial charge in [0.05, 0.1) is 6.04 Å². The van der Waals surface area contributed by atoms with E-state index in [0.717, 1.165) is 6.54 Å². The molecule has 0 aliphatic carbocycles. The average molecular weight is 239 g/mol. The smallest absolute Gasteiger partial charge is 0.0558 e. The van der Waals surface area contributed by atoms with Crippen LogP contribution in [0.5, 0.6) is 0 Å². The van der Waals surface area contributed by atoms with E-state index < -0.39 is 0 Å². The lowest BCUT2D eigenvalue weighted by molar-refractivity contribution is 0.713. The highest BCUT2D eigenvalue weighted by Crippen LogP contribution is 2.36. The van der Waals surface area contributed by atoms with Crippen LogP contribution in [0.3, 0.4) is 0 Å². The van der Waals surface area contributed by atoms with Crippen molar-refractivity contribution >= 4 is 5.69 Å². The molecule has 18 heavy (non-hydrogen) atoms. The largest absolute Gasteiger partial charge is 0.364 e. The minimum Gasteiger partial charge on any atom is -0.364 e. The summed E-state index contributed by atoms with van der Waals surface area (Å²) in [6, 6.07) is 6.77. The zero-order valence-electron chi connectivity index (χ0n) is 10.6. The molecule has 1 aliphatic rings. The average Bonchev–Trinajstić information content (AvgIpc) is 2.89. The van der Waals surface area contributed by atoms with Gasteiger partial charge in [0.2, 0.25) is 0 Å². The highest BCUT2D eigenvalue weighted by molar-refractivity contribution is 5.54. The number of aromatic nitrogens is 2. The van der Waals surface area contributed by atoms with Gasteiger partial charge >= 0.3 is 0 Å². The number of nitrogens with zero attached hydrogens (tertiary/aromatic N) is 3. The maximum Gasteiger partial charge on any atom is 0.0558 e. The molecular weight excluding hydrogens is 222 g/mol. The van der Waals surface area contributed by atoms with Crippen LogP contribution in [0.1, 0.15) is 30.0 Å². The van der Waals surface area contributed by atoms with Gasteiger partial charge in [0.1, 0.15) is 0 Å². The van der Waals surface area contributed by atoms with Crippen molar-refractivity contribution in [3.8, 4) is 0 Å². The molecule has 3 heterocycles. The van der Waals surface area contributed by atoms with Gasteiger partial charge in [0, 0.05) is 37.0 Å². The van der Waals surface area contributed by atoms with Crippen molar-refractivity contribution in [1.29, 1.82) is 0 Å². The third-order valence-corrected chi connectivity index (χ3v) is 3.62. The Morgan fingerprint density at radius 2 is 2.06 bits per heavy atom. The Bertz CT molecular complexity index is 524. The predicted molar refractivity (Wildman–Crippen MR) is 72.5 cm³/mol. The van der Waals surface area contributed by atoms with E-state index in [0.29, 0.717) is 6.04 Å². The molecule has 0 radical (unpaired) electrons. The molecule has 0 aromatic carbocycles. The van der Waals surface area contributed by atoms with Gasteiger partial charge in [-0.3, -0.25) is 9.97 Å². The first-order valence-electron chi connectivity index (χ1n) is 6.43. The number of aryl methyl sites for hydroxylation is 1. The predicted octanol–water partition coefficient (Wildman–Crippen LogP) is 3.13. The number of rotatable bonds is 2. The van der Waals surface area contributed by atoms with Gasteiger partial charge in [-0.15, -0.1) is 0 Å². The Morgan fingerprint density at radius 1 is 1.17 bits per heavy atom. The van der Waals surface area contributed by atoms with E-state index >= 15 is 0 Å². The first-order valence-corrected chi connectivity index (χ1v) is 6.43. The zero-order chi connectivity index (χ0) is 12.4. The van der Waals surface area contributed by atoms with Crippen molar-refractivity contribution in [1.82, 2.24) is 9.97 Å². The molecule has 92 valence electrons. The topological polar surface area (TPSA) is 29.0 Å². The summed E-state index contributed by atoms with van der Waals surface area (Å²) in [6.45, 7) is 3.24. The lowest BCUT2D eigenvalue weighted by atomic mass is 10.1. The summed E-state index contributed by atoms with van der Waals surface area (Å²) >= 11 is 0. The fourth-order valence-corrected chi connectivity index (χ4v) is 2.76. The number of hydrogen-bond donors (Lipinski definition) is 0. The Hall–Kier alpha value is -1.90. The highest BCUT2D eigenvalue weighted by Gasteiger charge is 2.27. The Balaban J connectivity index is 1.95. The minimum atomic E-state index is 0.458. The Labute approximate surface area is 108 Å². The third kappa shape index (κ3) is 1.96. The van der Waals surface area contributed by atoms with Crippen LogP contribution in [0.25, 0.3) is 0 Å². The lowest BCUT2D eigenvalue weighted by Crippen LogP contribution is -2.23. The van der Waals surface area contributed by atoms with Crippen LogP contribution in [0.2, 0.25) is 0 Å². The maximum atomic E-state index is 4.24. The summed E-state index contributed by atoms with van der Waals surface area (Å²) in [4.78, 5) is 10.9. The van der Waals surface area contributed by atoms with E-state index in [2.05, 4.69) is 33.9 Å². The SMILES string of the molecule is Cc1cnccc1N1CCCC1c1cccnc1. The second-order valence-corrected chi connectivity index (χ2v) is 4.80. The first-order chi connectivity index (χ1) is 8.86. The molecule has 0 bridgehead atoms. The van der Waals surface area contributed by atoms with Gasteiger partial charge < -0.3 is 4.90 Å². The second kappa shape index (κ2) is 4.77. The molecule has 1 aliphatic heterocycles. The summed E-state index contributed by atoms with van der Waals surface area (Å²) < 4.78 is 0. The summed E-state index contributed by atoms with van der Waals surface area (Å²) in [5.74, 6) is 0. The van der Waals surface area contributed by atoms with E-state index in [4.69, 9.17) is 0 Å². The van der Waals surface area contributed by atoms with E-state index in [-0.39, 0.29) is 0 Å². The van der Waals surface area contributed by atoms with Crippen molar-refractivity contribution < 1.29 is 0 Å². The van der Waals surface area contributed by atoms with Crippen molar-refractivity contribution in [2.45, 2.75) is 25.8 Å². The van der Waals surface area contributed by atoms with Crippen LogP contribution in [0.15, 0.2) is 43.0 Å². The molecule has 0 saturated carbocycles. The zero-order valence-corrected chi connectivity index (χ0v) is 10.6. The molecule has 1 atom stereocenters. The monoisotopic (exact) mass is 239 g/mol. The van der Waals surface area contributed by atoms with Crippen LogP contribution in [-0.2, 0) is 0 Å². The number of hydrogen-bond acceptors (Lipinski definition) is 3. The van der Waals surface area contributed by atoms with Crippen LogP contribution in [-0.4, -0.2) is 16.5 Å². The standard InChI is InChI=1S/C15H17N3/c1-12-10-17-8-6-14(12)18-9-3-5-15(18)13-4-2-7-16-11-13/h2,4,6-8,10-11,15H,3,5,9H2,1H3. The van der Waals surface area contributed by atoms with Crippen molar-refractivity contribution in [3.63, 3.8) is 0 Å². The fourth-order valence-electron chi connectivity index (χ4n) is 2.76. The molecule has 0 amide bonds. The van der Waals surface area contributed by atoms with Gasteiger partial charge in [0.25, 0.3) is 0 Å². The molecular formula is C15H17N3. The fraction of sp³-hybridized carbons (Fsp3) is 0.333. The summed E-state index contributed by atoms with van der Waals surface area (Å²) in [7, 11) is 0. The van der Waals surface area contributed by atoms with Crippen molar-refractivity contribution in [3.05, 3.63) is 54.1 Å². The van der Waals surface area contributed by atoms with Crippen LogP contribution in [0.4, 0.5) is 5.69 Å². The molecule has 0 spiro atoms. The van der Waals surface area contributed by atoms with E-state index in [1.165, 1.54) is 29.7 Å². The number of pyridine rings is 2. The highest BCUT2D eigenvalue weighted by atomic mass is 15.2. The summed E-state index contributed by atoms with van der Waals surface area (Å²) in [5, 5.41) is 0. The van der Waals surface area contributed by atoms with Gasteiger partial charge in [-0.1, -0.05) is 6.07 Å². The minimum absolute atomic E-state index is 0.458. The van der Waals surface area contributed by atoms with Gasteiger partial charge in [-0.05, 0) is 43.0 Å². The molecule has 3 rings (SSSR count). The number of anilines is 1. The van der Waals surface area contributed by atoms with Crippen molar-refractivity contribution in [2.75, 3.05) is 11.4 Å². The van der Waals surface area contributed by atoms with Crippen LogP contribution >= 0.6 is 0 Å². The normalized spacial score (nSPS) is 19.2. The van der Waals surface area contributed by atoms with Crippen LogP contribution in [0, 0.1) is 6.92 Å². The van der Waals surface area contributed by atoms with Gasteiger partial charge in [-0.25, -0.2) is 0 Å². The molecule has 2 aromatic heterocycles. The Morgan fingerprint density at radius 3 is 2.83 bits per heavy atom. The molecule has 2 aromatic rings.